The molecule has 1 N–H and O–H groups in total. The van der Waals surface area contributed by atoms with Gasteiger partial charge >= 0.3 is 0 Å². The molecule has 1 aromatic heterocycles. The van der Waals surface area contributed by atoms with E-state index in [-0.39, 0.29) is 12.1 Å². The van der Waals surface area contributed by atoms with E-state index in [1.165, 1.54) is 25.1 Å². The molecule has 1 atom stereocenters. The highest BCUT2D eigenvalue weighted by atomic mass is 16.5. The molecule has 2 aromatic carbocycles. The van der Waals surface area contributed by atoms with Crippen LogP contribution in [0.15, 0.2) is 53.6 Å². The maximum atomic E-state index is 12.6. The van der Waals surface area contributed by atoms with E-state index < -0.39 is 24.3 Å². The number of para-hydroxylation sites is 1. The van der Waals surface area contributed by atoms with Gasteiger partial charge in [0.2, 0.25) is 5.91 Å². The summed E-state index contributed by atoms with van der Waals surface area (Å²) in [6.07, 6.45) is 0.834. The van der Waals surface area contributed by atoms with Gasteiger partial charge in [0, 0.05) is 12.4 Å². The van der Waals surface area contributed by atoms with Crippen LogP contribution in [0.2, 0.25) is 0 Å². The van der Waals surface area contributed by atoms with Crippen LogP contribution in [0.5, 0.6) is 11.5 Å². The molecule has 0 aliphatic carbocycles. The Hall–Kier alpha value is -3.88. The number of benzene rings is 2. The van der Waals surface area contributed by atoms with E-state index in [2.05, 4.69) is 10.3 Å². The number of nitrogens with one attached hydrogen (secondary N) is 1. The van der Waals surface area contributed by atoms with E-state index in [0.717, 1.165) is 0 Å². The molecule has 0 aliphatic rings. The quantitative estimate of drug-likeness (QED) is 0.571. The molecule has 1 amide bonds. The van der Waals surface area contributed by atoms with Gasteiger partial charge in [0.1, 0.15) is 6.54 Å². The normalized spacial score (nSPS) is 11.7. The number of aromatic nitrogens is 2. The molecule has 1 heterocycles. The van der Waals surface area contributed by atoms with Crippen LogP contribution >= 0.6 is 0 Å². The second-order valence-corrected chi connectivity index (χ2v) is 6.51. The average Bonchev–Trinajstić information content (AvgIpc) is 2.74. The van der Waals surface area contributed by atoms with Crippen molar-refractivity contribution in [3.05, 3.63) is 64.7 Å². The number of carbonyl (C=O) groups excluding carboxylic acids is 2. The number of ether oxygens (including phenoxy) is 2. The summed E-state index contributed by atoms with van der Waals surface area (Å²) in [6.45, 7) is -0.312. The minimum Gasteiger partial charge on any atom is -0.550 e. The zero-order valence-electron chi connectivity index (χ0n) is 16.5. The Kier molecular flexibility index (Phi) is 6.31. The molecule has 0 bridgehead atoms. The van der Waals surface area contributed by atoms with Crippen LogP contribution < -0.4 is 25.5 Å². The largest absolute Gasteiger partial charge is 0.550 e. The van der Waals surface area contributed by atoms with E-state index in [1.807, 2.05) is 0 Å². The van der Waals surface area contributed by atoms with Crippen molar-refractivity contribution in [2.75, 3.05) is 14.2 Å². The Morgan fingerprint density at radius 3 is 2.57 bits per heavy atom. The van der Waals surface area contributed by atoms with Crippen LogP contribution in [-0.2, 0) is 16.1 Å². The fraction of sp³-hybridized carbons (Fsp3) is 0.238. The molecule has 30 heavy (non-hydrogen) atoms. The first-order chi connectivity index (χ1) is 14.4. The Labute approximate surface area is 171 Å². The summed E-state index contributed by atoms with van der Waals surface area (Å²) in [5.41, 5.74) is 0.659. The van der Waals surface area contributed by atoms with Gasteiger partial charge in [-0.3, -0.25) is 14.2 Å². The van der Waals surface area contributed by atoms with Crippen molar-refractivity contribution >= 4 is 22.8 Å². The van der Waals surface area contributed by atoms with Crippen LogP contribution in [0.3, 0.4) is 0 Å². The Morgan fingerprint density at radius 2 is 1.87 bits per heavy atom. The Bertz CT molecular complexity index is 1140. The van der Waals surface area contributed by atoms with Crippen LogP contribution in [0.25, 0.3) is 10.9 Å². The van der Waals surface area contributed by atoms with E-state index >= 15 is 0 Å². The number of carbonyl (C=O) groups is 2. The summed E-state index contributed by atoms with van der Waals surface area (Å²) < 4.78 is 11.6. The summed E-state index contributed by atoms with van der Waals surface area (Å²) in [6, 6.07) is 10.7. The number of carboxylic acid groups (broad SMARTS) is 1. The number of carboxylic acids is 1. The van der Waals surface area contributed by atoms with Gasteiger partial charge in [-0.1, -0.05) is 18.2 Å². The van der Waals surface area contributed by atoms with Gasteiger partial charge in [-0.2, -0.15) is 0 Å². The number of amides is 1. The van der Waals surface area contributed by atoms with Crippen LogP contribution in [0.4, 0.5) is 0 Å². The first-order valence-electron chi connectivity index (χ1n) is 9.08. The highest BCUT2D eigenvalue weighted by molar-refractivity contribution is 5.79. The number of rotatable bonds is 8. The summed E-state index contributed by atoms with van der Waals surface area (Å²) in [7, 11) is 2.93. The van der Waals surface area contributed by atoms with E-state index in [1.54, 1.807) is 42.5 Å². The van der Waals surface area contributed by atoms with Crippen molar-refractivity contribution in [2.45, 2.75) is 19.0 Å². The Morgan fingerprint density at radius 1 is 1.13 bits per heavy atom. The van der Waals surface area contributed by atoms with Gasteiger partial charge in [0.15, 0.2) is 11.5 Å². The maximum Gasteiger partial charge on any atom is 0.261 e. The second kappa shape index (κ2) is 9.08. The zero-order valence-corrected chi connectivity index (χ0v) is 16.5. The molecule has 3 rings (SSSR count). The lowest BCUT2D eigenvalue weighted by molar-refractivity contribution is -0.306. The minimum atomic E-state index is -1.33. The number of fused-ring (bicyclic) bond motifs is 1. The average molecular weight is 410 g/mol. The number of methoxy groups -OCH3 is 2. The molecular formula is C21H20N3O6-. The lowest BCUT2D eigenvalue weighted by Crippen LogP contribution is -2.37. The summed E-state index contributed by atoms with van der Waals surface area (Å²) in [5, 5.41) is 14.2. The summed E-state index contributed by atoms with van der Waals surface area (Å²) in [5.74, 6) is -1.02. The fourth-order valence-electron chi connectivity index (χ4n) is 3.10. The van der Waals surface area contributed by atoms with Gasteiger partial charge in [0.25, 0.3) is 5.56 Å². The van der Waals surface area contributed by atoms with Crippen molar-refractivity contribution in [1.82, 2.24) is 14.9 Å². The third kappa shape index (κ3) is 4.57. The predicted octanol–water partition coefficient (Wildman–Crippen LogP) is 0.411. The number of aliphatic carboxylic acids is 1. The van der Waals surface area contributed by atoms with Crippen molar-refractivity contribution in [3.8, 4) is 11.5 Å². The third-order valence-corrected chi connectivity index (χ3v) is 4.56. The standard InChI is InChI=1S/C21H21N3O6/c1-29-17-8-7-13(9-18(17)30-2)16(10-20(26)27)23-19(25)11-24-12-22-15-6-4-3-5-14(15)21(24)28/h3-9,12,16H,10-11H2,1-2H3,(H,23,25)(H,26,27)/p-1/t16-/m1/s1. The molecule has 0 unspecified atom stereocenters. The van der Waals surface area contributed by atoms with Gasteiger partial charge in [-0.15, -0.1) is 0 Å². The van der Waals surface area contributed by atoms with E-state index in [9.17, 15) is 19.5 Å². The molecule has 9 heteroatoms. The molecule has 0 saturated carbocycles. The van der Waals surface area contributed by atoms with E-state index in [0.29, 0.717) is 28.0 Å². The van der Waals surface area contributed by atoms with Gasteiger partial charge in [-0.25, -0.2) is 4.98 Å². The van der Waals surface area contributed by atoms with Crippen molar-refractivity contribution in [2.24, 2.45) is 0 Å². The molecule has 0 aliphatic heterocycles. The van der Waals surface area contributed by atoms with Crippen molar-refractivity contribution < 1.29 is 24.2 Å². The molecule has 0 fully saturated rings. The van der Waals surface area contributed by atoms with Gasteiger partial charge in [0.05, 0.1) is 37.5 Å². The van der Waals surface area contributed by atoms with Crippen LogP contribution in [0.1, 0.15) is 18.0 Å². The smallest absolute Gasteiger partial charge is 0.261 e. The SMILES string of the molecule is COc1ccc([C@@H](CC(=O)[O-])NC(=O)Cn2cnc3ccccc3c2=O)cc1OC. The van der Waals surface area contributed by atoms with Crippen LogP contribution in [-0.4, -0.2) is 35.6 Å². The molecule has 0 spiro atoms. The van der Waals surface area contributed by atoms with Gasteiger partial charge in [-0.05, 0) is 29.8 Å². The highest BCUT2D eigenvalue weighted by Crippen LogP contribution is 2.30. The van der Waals surface area contributed by atoms with E-state index in [4.69, 9.17) is 9.47 Å². The third-order valence-electron chi connectivity index (χ3n) is 4.56. The first-order valence-corrected chi connectivity index (χ1v) is 9.08. The summed E-state index contributed by atoms with van der Waals surface area (Å²) in [4.78, 5) is 40.5. The minimum absolute atomic E-state index is 0.312. The number of nitrogens with zero attached hydrogens (tertiary/aromatic N) is 2. The van der Waals surface area contributed by atoms with Crippen molar-refractivity contribution in [1.29, 1.82) is 0 Å². The summed E-state index contributed by atoms with van der Waals surface area (Å²) >= 11 is 0. The zero-order chi connectivity index (χ0) is 21.7. The van der Waals surface area contributed by atoms with Crippen molar-refractivity contribution in [3.63, 3.8) is 0 Å². The molecular weight excluding hydrogens is 390 g/mol. The van der Waals surface area contributed by atoms with Crippen LogP contribution in [0, 0.1) is 0 Å². The Balaban J connectivity index is 1.83. The fourth-order valence-corrected chi connectivity index (χ4v) is 3.10. The molecule has 3 aromatic rings. The lowest BCUT2D eigenvalue weighted by Gasteiger charge is -2.21. The monoisotopic (exact) mass is 410 g/mol. The van der Waals surface area contributed by atoms with Gasteiger partial charge < -0.3 is 24.7 Å². The number of hydrogen-bond donors (Lipinski definition) is 1. The molecule has 156 valence electrons. The predicted molar refractivity (Wildman–Crippen MR) is 106 cm³/mol. The molecule has 9 nitrogen and oxygen atoms in total. The second-order valence-electron chi connectivity index (χ2n) is 6.51. The first kappa shape index (κ1) is 20.8. The molecule has 0 saturated heterocycles. The molecule has 0 radical (unpaired) electrons. The topological polar surface area (TPSA) is 123 Å². The number of hydrogen-bond acceptors (Lipinski definition) is 7. The maximum absolute atomic E-state index is 12.6. The lowest BCUT2D eigenvalue weighted by atomic mass is 10.0. The highest BCUT2D eigenvalue weighted by Gasteiger charge is 2.18.